The number of carbonyl (C=O) groups is 1. The van der Waals surface area contributed by atoms with Gasteiger partial charge in [0.15, 0.2) is 11.9 Å². The average molecular weight is 449 g/mol. The smallest absolute Gasteiger partial charge is 0.262 e. The number of nitrogens with zero attached hydrogens (tertiary/aromatic N) is 1. The van der Waals surface area contributed by atoms with Gasteiger partial charge in [-0.2, -0.15) is 0 Å². The summed E-state index contributed by atoms with van der Waals surface area (Å²) in [6, 6.07) is 20.1. The molecular formula is C23H19N3O5S. The first-order chi connectivity index (χ1) is 15.5. The third-order valence-electron chi connectivity index (χ3n) is 4.56. The van der Waals surface area contributed by atoms with E-state index in [2.05, 4.69) is 15.0 Å². The van der Waals surface area contributed by atoms with Crippen LogP contribution in [0.2, 0.25) is 0 Å². The summed E-state index contributed by atoms with van der Waals surface area (Å²) in [5.74, 6) is 0.443. The van der Waals surface area contributed by atoms with E-state index in [0.717, 1.165) is 0 Å². The molecular weight excluding hydrogens is 430 g/mol. The van der Waals surface area contributed by atoms with E-state index in [9.17, 15) is 13.2 Å². The van der Waals surface area contributed by atoms with Crippen molar-refractivity contribution in [1.29, 1.82) is 0 Å². The van der Waals surface area contributed by atoms with Gasteiger partial charge in [0.1, 0.15) is 11.3 Å². The van der Waals surface area contributed by atoms with E-state index < -0.39 is 10.0 Å². The second-order valence-corrected chi connectivity index (χ2v) is 8.36. The van der Waals surface area contributed by atoms with Gasteiger partial charge in [-0.15, -0.1) is 0 Å². The lowest BCUT2D eigenvalue weighted by Gasteiger charge is -2.12. The predicted octanol–water partition coefficient (Wildman–Crippen LogP) is 4.29. The number of sulfonamides is 1. The van der Waals surface area contributed by atoms with Crippen LogP contribution in [0.3, 0.4) is 0 Å². The molecule has 8 nitrogen and oxygen atoms in total. The predicted molar refractivity (Wildman–Crippen MR) is 122 cm³/mol. The largest absolute Gasteiger partial charge is 0.495 e. The number of allylic oxidation sites excluding steroid dienone is 1. The summed E-state index contributed by atoms with van der Waals surface area (Å²) in [5, 5.41) is 2.95. The Morgan fingerprint density at radius 1 is 1.03 bits per heavy atom. The second kappa shape index (κ2) is 8.94. The Balaban J connectivity index is 1.59. The van der Waals surface area contributed by atoms with Crippen LogP contribution < -0.4 is 14.8 Å². The van der Waals surface area contributed by atoms with Crippen LogP contribution in [0.25, 0.3) is 16.7 Å². The number of carbonyl (C=O) groups excluding carboxylic acids is 1. The van der Waals surface area contributed by atoms with Gasteiger partial charge in [0.05, 0.1) is 23.3 Å². The van der Waals surface area contributed by atoms with Crippen LogP contribution in [-0.2, 0) is 14.8 Å². The van der Waals surface area contributed by atoms with Crippen molar-refractivity contribution in [3.63, 3.8) is 0 Å². The minimum Gasteiger partial charge on any atom is -0.495 e. The van der Waals surface area contributed by atoms with Crippen LogP contribution in [0.4, 0.5) is 11.4 Å². The first kappa shape index (κ1) is 21.1. The molecule has 1 heterocycles. The van der Waals surface area contributed by atoms with Crippen LogP contribution in [0.1, 0.15) is 5.89 Å². The number of para-hydroxylation sites is 3. The van der Waals surface area contributed by atoms with Crippen molar-refractivity contribution >= 4 is 44.4 Å². The molecule has 0 fully saturated rings. The third kappa shape index (κ3) is 4.47. The molecule has 0 aliphatic carbocycles. The zero-order valence-electron chi connectivity index (χ0n) is 17.0. The highest BCUT2D eigenvalue weighted by Crippen LogP contribution is 2.29. The zero-order valence-corrected chi connectivity index (χ0v) is 17.8. The maximum absolute atomic E-state index is 12.7. The zero-order chi connectivity index (χ0) is 22.6. The van der Waals surface area contributed by atoms with Crippen LogP contribution in [0.5, 0.6) is 5.75 Å². The van der Waals surface area contributed by atoms with E-state index in [0.29, 0.717) is 28.8 Å². The van der Waals surface area contributed by atoms with Crippen molar-refractivity contribution in [1.82, 2.24) is 4.98 Å². The number of anilines is 2. The number of benzene rings is 3. The number of ether oxygens (including phenoxy) is 1. The standard InChI is InChI=1S/C23H19N3O5S/c1-30-22-13-18(32(28,29)26-17-7-3-2-4-8-17)11-12-19(22)24-14-16(15-27)23-25-20-9-5-6-10-21(20)31-23/h2-15,24,26H,1H3/b16-14+. The molecule has 9 heteroatoms. The van der Waals surface area contributed by atoms with E-state index in [1.54, 1.807) is 48.5 Å². The highest BCUT2D eigenvalue weighted by molar-refractivity contribution is 7.92. The Kier molecular flexibility index (Phi) is 5.91. The number of fused-ring (bicyclic) bond motifs is 1. The molecule has 32 heavy (non-hydrogen) atoms. The minimum atomic E-state index is -3.81. The van der Waals surface area contributed by atoms with Crippen molar-refractivity contribution in [2.45, 2.75) is 4.90 Å². The third-order valence-corrected chi connectivity index (χ3v) is 5.94. The Hall–Kier alpha value is -4.11. The van der Waals surface area contributed by atoms with Gasteiger partial charge in [0, 0.05) is 18.0 Å². The molecule has 0 saturated carbocycles. The summed E-state index contributed by atoms with van der Waals surface area (Å²) in [6.07, 6.45) is 2.04. The fraction of sp³-hybridized carbons (Fsp3) is 0.0435. The molecule has 0 atom stereocenters. The van der Waals surface area contributed by atoms with Crippen molar-refractivity contribution in [2.24, 2.45) is 0 Å². The minimum absolute atomic E-state index is 0.0299. The Morgan fingerprint density at radius 2 is 1.78 bits per heavy atom. The molecule has 4 aromatic rings. The average Bonchev–Trinajstić information content (AvgIpc) is 3.24. The highest BCUT2D eigenvalue weighted by atomic mass is 32.2. The lowest BCUT2D eigenvalue weighted by molar-refractivity contribution is -0.103. The van der Waals surface area contributed by atoms with Crippen LogP contribution in [0, 0.1) is 0 Å². The lowest BCUT2D eigenvalue weighted by Crippen LogP contribution is -2.13. The Labute approximate surface area is 184 Å². The normalized spacial score (nSPS) is 11.8. The number of rotatable bonds is 8. The van der Waals surface area contributed by atoms with Crippen molar-refractivity contribution in [2.75, 3.05) is 17.1 Å². The number of hydrogen-bond acceptors (Lipinski definition) is 7. The van der Waals surface area contributed by atoms with Gasteiger partial charge in [-0.3, -0.25) is 9.52 Å². The van der Waals surface area contributed by atoms with Crippen molar-refractivity contribution < 1.29 is 22.4 Å². The summed E-state index contributed by atoms with van der Waals surface area (Å²) in [4.78, 5) is 15.9. The van der Waals surface area contributed by atoms with E-state index in [1.165, 1.54) is 25.4 Å². The summed E-state index contributed by atoms with van der Waals surface area (Å²) < 4.78 is 38.9. The first-order valence-electron chi connectivity index (χ1n) is 9.54. The van der Waals surface area contributed by atoms with Gasteiger partial charge in [0.2, 0.25) is 5.89 Å². The molecule has 0 bridgehead atoms. The molecule has 0 unspecified atom stereocenters. The monoisotopic (exact) mass is 449 g/mol. The molecule has 0 radical (unpaired) electrons. The molecule has 0 aliphatic rings. The Bertz CT molecular complexity index is 1360. The quantitative estimate of drug-likeness (QED) is 0.305. The molecule has 0 saturated heterocycles. The lowest BCUT2D eigenvalue weighted by atomic mass is 10.2. The van der Waals surface area contributed by atoms with E-state index >= 15 is 0 Å². The summed E-state index contributed by atoms with van der Waals surface area (Å²) in [5.41, 5.74) is 2.29. The number of aldehydes is 1. The molecule has 0 amide bonds. The van der Waals surface area contributed by atoms with Crippen molar-refractivity contribution in [3.8, 4) is 5.75 Å². The highest BCUT2D eigenvalue weighted by Gasteiger charge is 2.17. The number of hydrogen-bond donors (Lipinski definition) is 2. The summed E-state index contributed by atoms with van der Waals surface area (Å²) in [7, 11) is -2.39. The van der Waals surface area contributed by atoms with Crippen LogP contribution >= 0.6 is 0 Å². The number of methoxy groups -OCH3 is 1. The molecule has 2 N–H and O–H groups in total. The Morgan fingerprint density at radius 3 is 2.50 bits per heavy atom. The van der Waals surface area contributed by atoms with Gasteiger partial charge in [-0.25, -0.2) is 13.4 Å². The number of nitrogens with one attached hydrogen (secondary N) is 2. The van der Waals surface area contributed by atoms with Gasteiger partial charge in [-0.1, -0.05) is 30.3 Å². The summed E-state index contributed by atoms with van der Waals surface area (Å²) >= 11 is 0. The molecule has 3 aromatic carbocycles. The number of aromatic nitrogens is 1. The first-order valence-corrected chi connectivity index (χ1v) is 11.0. The molecule has 4 rings (SSSR count). The maximum atomic E-state index is 12.7. The van der Waals surface area contributed by atoms with E-state index in [4.69, 9.17) is 9.15 Å². The summed E-state index contributed by atoms with van der Waals surface area (Å²) in [6.45, 7) is 0. The number of oxazole rings is 1. The van der Waals surface area contributed by atoms with Crippen LogP contribution in [-0.4, -0.2) is 26.8 Å². The van der Waals surface area contributed by atoms with Gasteiger partial charge >= 0.3 is 0 Å². The van der Waals surface area contributed by atoms with Gasteiger partial charge in [-0.05, 0) is 36.4 Å². The SMILES string of the molecule is COc1cc(S(=O)(=O)Nc2ccccc2)ccc1N/C=C(\C=O)c1nc2ccccc2o1. The van der Waals surface area contributed by atoms with Crippen LogP contribution in [0.15, 0.2) is 88.3 Å². The second-order valence-electron chi connectivity index (χ2n) is 6.68. The fourth-order valence-corrected chi connectivity index (χ4v) is 4.05. The van der Waals surface area contributed by atoms with E-state index in [1.807, 2.05) is 12.1 Å². The molecule has 0 spiro atoms. The topological polar surface area (TPSA) is 111 Å². The van der Waals surface area contributed by atoms with E-state index in [-0.39, 0.29) is 22.1 Å². The van der Waals surface area contributed by atoms with Gasteiger partial charge < -0.3 is 14.5 Å². The molecule has 0 aliphatic heterocycles. The fourth-order valence-electron chi connectivity index (χ4n) is 2.98. The molecule has 162 valence electrons. The molecule has 1 aromatic heterocycles. The van der Waals surface area contributed by atoms with Crippen molar-refractivity contribution in [3.05, 3.63) is 84.9 Å². The van der Waals surface area contributed by atoms with Gasteiger partial charge in [0.25, 0.3) is 10.0 Å². The maximum Gasteiger partial charge on any atom is 0.262 e.